The van der Waals surface area contributed by atoms with Gasteiger partial charge >= 0.3 is 5.69 Å². The summed E-state index contributed by atoms with van der Waals surface area (Å²) >= 11 is 3.21. The first-order valence-electron chi connectivity index (χ1n) is 5.86. The van der Waals surface area contributed by atoms with E-state index in [2.05, 4.69) is 20.9 Å². The van der Waals surface area contributed by atoms with Gasteiger partial charge in [0, 0.05) is 29.8 Å². The van der Waals surface area contributed by atoms with Gasteiger partial charge in [-0.2, -0.15) is 0 Å². The zero-order chi connectivity index (χ0) is 13.1. The number of nitrogens with two attached hydrogens (primary N) is 1. The molecule has 1 aromatic rings. The van der Waals surface area contributed by atoms with Crippen LogP contribution in [0.2, 0.25) is 0 Å². The van der Waals surface area contributed by atoms with Crippen LogP contribution in [0.1, 0.15) is 12.8 Å². The van der Waals surface area contributed by atoms with E-state index < -0.39 is 0 Å². The van der Waals surface area contributed by atoms with E-state index in [0.717, 1.165) is 25.9 Å². The van der Waals surface area contributed by atoms with Gasteiger partial charge in [0.15, 0.2) is 0 Å². The monoisotopic (exact) mass is 314 g/mol. The Morgan fingerprint density at radius 3 is 3.11 bits per heavy atom. The summed E-state index contributed by atoms with van der Waals surface area (Å²) in [6, 6.07) is 1.49. The van der Waals surface area contributed by atoms with Crippen LogP contribution in [0.4, 0.5) is 11.5 Å². The Bertz CT molecular complexity index is 455. The van der Waals surface area contributed by atoms with Crippen LogP contribution in [0.3, 0.4) is 0 Å². The fourth-order valence-corrected chi connectivity index (χ4v) is 2.57. The molecule has 0 amide bonds. The van der Waals surface area contributed by atoms with Crippen LogP contribution < -0.4 is 10.6 Å². The largest absolute Gasteiger partial charge is 0.351 e. The Labute approximate surface area is 113 Å². The third-order valence-corrected chi connectivity index (χ3v) is 3.60. The fourth-order valence-electron chi connectivity index (χ4n) is 2.25. The van der Waals surface area contributed by atoms with Crippen molar-refractivity contribution in [3.8, 4) is 0 Å². The van der Waals surface area contributed by atoms with Crippen molar-refractivity contribution in [3.63, 3.8) is 0 Å². The minimum absolute atomic E-state index is 0.0436. The molecule has 0 aliphatic carbocycles. The molecule has 0 spiro atoms. The molecule has 2 rings (SSSR count). The third-order valence-electron chi connectivity index (χ3n) is 3.16. The topological polar surface area (TPSA) is 85.3 Å². The Balaban J connectivity index is 2.29. The van der Waals surface area contributed by atoms with Crippen LogP contribution in [0.15, 0.2) is 16.7 Å². The van der Waals surface area contributed by atoms with Gasteiger partial charge in [-0.3, -0.25) is 10.1 Å². The molecule has 0 aromatic carbocycles. The lowest BCUT2D eigenvalue weighted by molar-refractivity contribution is -0.384. The highest BCUT2D eigenvalue weighted by molar-refractivity contribution is 9.10. The van der Waals surface area contributed by atoms with Crippen molar-refractivity contribution in [2.24, 2.45) is 11.7 Å². The van der Waals surface area contributed by atoms with Gasteiger partial charge in [-0.15, -0.1) is 0 Å². The van der Waals surface area contributed by atoms with E-state index in [0.29, 0.717) is 22.8 Å². The normalized spacial score (nSPS) is 19.9. The van der Waals surface area contributed by atoms with Crippen molar-refractivity contribution >= 4 is 27.4 Å². The van der Waals surface area contributed by atoms with E-state index in [4.69, 9.17) is 5.73 Å². The Morgan fingerprint density at radius 1 is 1.67 bits per heavy atom. The standard InChI is InChI=1S/C11H15BrN4O2/c12-9-4-10(16(17)18)11(14-6-9)15-3-1-2-8(5-13)7-15/h4,6,8H,1-3,5,7,13H2. The molecule has 98 valence electrons. The molecular weight excluding hydrogens is 300 g/mol. The first-order valence-corrected chi connectivity index (χ1v) is 6.66. The van der Waals surface area contributed by atoms with Gasteiger partial charge in [-0.05, 0) is 41.2 Å². The maximum Gasteiger partial charge on any atom is 0.312 e. The van der Waals surface area contributed by atoms with Gasteiger partial charge in [0.2, 0.25) is 5.82 Å². The molecule has 2 heterocycles. The number of nitro groups is 1. The predicted molar refractivity (Wildman–Crippen MR) is 72.6 cm³/mol. The second-order valence-corrected chi connectivity index (χ2v) is 5.36. The molecule has 1 aliphatic rings. The minimum atomic E-state index is -0.390. The van der Waals surface area contributed by atoms with Crippen LogP contribution in [-0.4, -0.2) is 29.5 Å². The Kier molecular flexibility index (Phi) is 4.13. The smallest absolute Gasteiger partial charge is 0.312 e. The first kappa shape index (κ1) is 13.2. The summed E-state index contributed by atoms with van der Waals surface area (Å²) < 4.78 is 0.616. The summed E-state index contributed by atoms with van der Waals surface area (Å²) in [5.74, 6) is 0.838. The number of anilines is 1. The summed E-state index contributed by atoms with van der Waals surface area (Å²) in [4.78, 5) is 16.8. The quantitative estimate of drug-likeness (QED) is 0.680. The zero-order valence-corrected chi connectivity index (χ0v) is 11.5. The molecule has 1 aromatic heterocycles. The maximum absolute atomic E-state index is 11.1. The number of pyridine rings is 1. The molecule has 1 aliphatic heterocycles. The molecule has 1 fully saturated rings. The third kappa shape index (κ3) is 2.78. The van der Waals surface area contributed by atoms with Crippen molar-refractivity contribution in [1.29, 1.82) is 0 Å². The Morgan fingerprint density at radius 2 is 2.44 bits per heavy atom. The zero-order valence-electron chi connectivity index (χ0n) is 9.88. The molecule has 0 saturated carbocycles. The van der Waals surface area contributed by atoms with Crippen LogP contribution in [0, 0.1) is 16.0 Å². The van der Waals surface area contributed by atoms with Gasteiger partial charge in [0.05, 0.1) is 4.92 Å². The molecule has 7 heteroatoms. The van der Waals surface area contributed by atoms with Crippen molar-refractivity contribution in [2.75, 3.05) is 24.5 Å². The molecular formula is C11H15BrN4O2. The molecule has 6 nitrogen and oxygen atoms in total. The van der Waals surface area contributed by atoms with Crippen molar-refractivity contribution in [3.05, 3.63) is 26.9 Å². The van der Waals surface area contributed by atoms with Crippen molar-refractivity contribution in [1.82, 2.24) is 4.98 Å². The van der Waals surface area contributed by atoms with Gasteiger partial charge in [0.1, 0.15) is 0 Å². The van der Waals surface area contributed by atoms with Crippen molar-refractivity contribution in [2.45, 2.75) is 12.8 Å². The number of piperidine rings is 1. The van der Waals surface area contributed by atoms with E-state index in [1.165, 1.54) is 6.07 Å². The molecule has 0 radical (unpaired) electrons. The second kappa shape index (κ2) is 5.62. The molecule has 2 N–H and O–H groups in total. The lowest BCUT2D eigenvalue weighted by atomic mass is 9.98. The van der Waals surface area contributed by atoms with E-state index in [1.54, 1.807) is 6.20 Å². The first-order chi connectivity index (χ1) is 8.61. The average molecular weight is 315 g/mol. The number of rotatable bonds is 3. The lowest BCUT2D eigenvalue weighted by Gasteiger charge is -2.32. The highest BCUT2D eigenvalue weighted by Gasteiger charge is 2.26. The second-order valence-electron chi connectivity index (χ2n) is 4.44. The number of hydrogen-bond acceptors (Lipinski definition) is 5. The van der Waals surface area contributed by atoms with E-state index >= 15 is 0 Å². The summed E-state index contributed by atoms with van der Waals surface area (Å²) in [6.07, 6.45) is 3.67. The van der Waals surface area contributed by atoms with Crippen LogP contribution >= 0.6 is 15.9 Å². The van der Waals surface area contributed by atoms with Gasteiger partial charge in [0.25, 0.3) is 0 Å². The number of halogens is 1. The van der Waals surface area contributed by atoms with Gasteiger partial charge in [-0.25, -0.2) is 4.98 Å². The minimum Gasteiger partial charge on any atom is -0.351 e. The molecule has 1 unspecified atom stereocenters. The van der Waals surface area contributed by atoms with E-state index in [1.807, 2.05) is 4.90 Å². The predicted octanol–water partition coefficient (Wildman–Crippen LogP) is 1.93. The van der Waals surface area contributed by atoms with Gasteiger partial charge < -0.3 is 10.6 Å². The van der Waals surface area contributed by atoms with Crippen LogP contribution in [0.5, 0.6) is 0 Å². The van der Waals surface area contributed by atoms with Crippen molar-refractivity contribution < 1.29 is 4.92 Å². The fraction of sp³-hybridized carbons (Fsp3) is 0.545. The summed E-state index contributed by atoms with van der Waals surface area (Å²) in [5, 5.41) is 11.1. The summed E-state index contributed by atoms with van der Waals surface area (Å²) in [7, 11) is 0. The van der Waals surface area contributed by atoms with Crippen LogP contribution in [-0.2, 0) is 0 Å². The van der Waals surface area contributed by atoms with E-state index in [9.17, 15) is 10.1 Å². The lowest BCUT2D eigenvalue weighted by Crippen LogP contribution is -2.39. The van der Waals surface area contributed by atoms with Crippen LogP contribution in [0.25, 0.3) is 0 Å². The highest BCUT2D eigenvalue weighted by atomic mass is 79.9. The van der Waals surface area contributed by atoms with Gasteiger partial charge in [-0.1, -0.05) is 0 Å². The summed E-state index contributed by atoms with van der Waals surface area (Å²) in [6.45, 7) is 2.15. The summed E-state index contributed by atoms with van der Waals surface area (Å²) in [5.41, 5.74) is 5.72. The molecule has 1 atom stereocenters. The number of aromatic nitrogens is 1. The maximum atomic E-state index is 11.1. The Hall–Kier alpha value is -1.21. The average Bonchev–Trinajstić information content (AvgIpc) is 2.38. The number of nitrogens with zero attached hydrogens (tertiary/aromatic N) is 3. The highest BCUT2D eigenvalue weighted by Crippen LogP contribution is 2.31. The molecule has 0 bridgehead atoms. The number of hydrogen-bond donors (Lipinski definition) is 1. The SMILES string of the molecule is NCC1CCCN(c2ncc(Br)cc2[N+](=O)[O-])C1. The molecule has 18 heavy (non-hydrogen) atoms. The molecule has 1 saturated heterocycles. The van der Waals surface area contributed by atoms with E-state index in [-0.39, 0.29) is 10.6 Å².